The topological polar surface area (TPSA) is 24.9 Å². The Kier molecular flexibility index (Phi) is 4.67. The number of aromatic nitrogens is 1. The third-order valence-electron chi connectivity index (χ3n) is 3.23. The van der Waals surface area contributed by atoms with Gasteiger partial charge >= 0.3 is 0 Å². The lowest BCUT2D eigenvalue weighted by atomic mass is 10.1. The molecule has 0 spiro atoms. The molecular weight excluding hydrogens is 216 g/mol. The second kappa shape index (κ2) is 6.26. The average molecular weight is 236 g/mol. The largest absolute Gasteiger partial charge is 0.316 e. The summed E-state index contributed by atoms with van der Waals surface area (Å²) in [6.45, 7) is 0. The summed E-state index contributed by atoms with van der Waals surface area (Å²) in [7, 11) is 2.09. The smallest absolute Gasteiger partial charge is 0.0963 e. The first-order chi connectivity index (χ1) is 7.90. The van der Waals surface area contributed by atoms with Crippen LogP contribution in [0.2, 0.25) is 0 Å². The van der Waals surface area contributed by atoms with Gasteiger partial charge in [0.1, 0.15) is 0 Å². The Bertz CT molecular complexity index is 302. The van der Waals surface area contributed by atoms with Crippen LogP contribution in [-0.4, -0.2) is 23.3 Å². The third-order valence-corrected chi connectivity index (χ3v) is 4.58. The Balaban J connectivity index is 2.00. The predicted octanol–water partition coefficient (Wildman–Crippen LogP) is 3.09. The molecular formula is C13H20N2S. The summed E-state index contributed by atoms with van der Waals surface area (Å²) in [4.78, 5) is 4.41. The van der Waals surface area contributed by atoms with Crippen LogP contribution in [-0.2, 0) is 0 Å². The van der Waals surface area contributed by atoms with Gasteiger partial charge in [-0.25, -0.2) is 4.98 Å². The quantitative estimate of drug-likeness (QED) is 0.816. The van der Waals surface area contributed by atoms with Crippen molar-refractivity contribution in [3.05, 3.63) is 24.4 Å². The van der Waals surface area contributed by atoms with Gasteiger partial charge in [0.15, 0.2) is 0 Å². The summed E-state index contributed by atoms with van der Waals surface area (Å²) in [6.07, 6.45) is 8.62. The zero-order valence-electron chi connectivity index (χ0n) is 9.86. The monoisotopic (exact) mass is 236 g/mol. The van der Waals surface area contributed by atoms with Crippen molar-refractivity contribution >= 4 is 11.8 Å². The molecule has 2 nitrogen and oxygen atoms in total. The van der Waals surface area contributed by atoms with Gasteiger partial charge in [-0.05, 0) is 32.0 Å². The maximum atomic E-state index is 4.41. The van der Waals surface area contributed by atoms with E-state index >= 15 is 0 Å². The maximum Gasteiger partial charge on any atom is 0.0963 e. The molecule has 0 radical (unpaired) electrons. The van der Waals surface area contributed by atoms with Crippen molar-refractivity contribution in [3.63, 3.8) is 0 Å². The lowest BCUT2D eigenvalue weighted by Gasteiger charge is -2.23. The van der Waals surface area contributed by atoms with Gasteiger partial charge in [0.05, 0.1) is 5.03 Å². The molecule has 2 rings (SSSR count). The van der Waals surface area contributed by atoms with Gasteiger partial charge in [0.25, 0.3) is 0 Å². The van der Waals surface area contributed by atoms with Crippen LogP contribution in [0.4, 0.5) is 0 Å². The molecule has 0 aliphatic heterocycles. The van der Waals surface area contributed by atoms with Crippen LogP contribution in [0.15, 0.2) is 29.4 Å². The second-order valence-corrected chi connectivity index (χ2v) is 5.62. The van der Waals surface area contributed by atoms with Crippen LogP contribution >= 0.6 is 11.8 Å². The van der Waals surface area contributed by atoms with Gasteiger partial charge < -0.3 is 5.32 Å². The van der Waals surface area contributed by atoms with Crippen molar-refractivity contribution in [3.8, 4) is 0 Å². The molecule has 0 amide bonds. The van der Waals surface area contributed by atoms with Crippen molar-refractivity contribution in [2.45, 2.75) is 48.4 Å². The first-order valence-electron chi connectivity index (χ1n) is 6.15. The van der Waals surface area contributed by atoms with Crippen molar-refractivity contribution in [1.29, 1.82) is 0 Å². The summed E-state index contributed by atoms with van der Waals surface area (Å²) in [6, 6.07) is 6.81. The first-order valence-corrected chi connectivity index (χ1v) is 7.03. The predicted molar refractivity (Wildman–Crippen MR) is 69.8 cm³/mol. The van der Waals surface area contributed by atoms with E-state index in [1.165, 1.54) is 32.1 Å². The van der Waals surface area contributed by atoms with Crippen molar-refractivity contribution in [1.82, 2.24) is 10.3 Å². The highest BCUT2D eigenvalue weighted by molar-refractivity contribution is 7.99. The lowest BCUT2D eigenvalue weighted by Crippen LogP contribution is -2.34. The maximum absolute atomic E-state index is 4.41. The van der Waals surface area contributed by atoms with Gasteiger partial charge in [-0.3, -0.25) is 0 Å². The van der Waals surface area contributed by atoms with E-state index in [2.05, 4.69) is 29.5 Å². The Morgan fingerprint density at radius 2 is 2.12 bits per heavy atom. The molecule has 1 aromatic rings. The molecule has 0 saturated heterocycles. The van der Waals surface area contributed by atoms with Crippen molar-refractivity contribution in [2.75, 3.05) is 7.05 Å². The molecule has 2 unspecified atom stereocenters. The fourth-order valence-corrected chi connectivity index (χ4v) is 3.63. The number of rotatable bonds is 3. The molecule has 1 aliphatic rings. The highest BCUT2D eigenvalue weighted by atomic mass is 32.2. The Labute approximate surface area is 102 Å². The molecule has 1 heterocycles. The minimum atomic E-state index is 0.648. The van der Waals surface area contributed by atoms with E-state index in [1.807, 2.05) is 24.0 Å². The van der Waals surface area contributed by atoms with Gasteiger partial charge in [0, 0.05) is 17.5 Å². The van der Waals surface area contributed by atoms with Crippen LogP contribution in [0.1, 0.15) is 32.1 Å². The minimum absolute atomic E-state index is 0.648. The molecule has 16 heavy (non-hydrogen) atoms. The van der Waals surface area contributed by atoms with Crippen LogP contribution < -0.4 is 5.32 Å². The molecule has 1 N–H and O–H groups in total. The molecule has 1 saturated carbocycles. The molecule has 88 valence electrons. The number of nitrogens with one attached hydrogen (secondary N) is 1. The molecule has 1 aromatic heterocycles. The van der Waals surface area contributed by atoms with E-state index in [4.69, 9.17) is 0 Å². The zero-order valence-corrected chi connectivity index (χ0v) is 10.7. The van der Waals surface area contributed by atoms with Crippen molar-refractivity contribution < 1.29 is 0 Å². The standard InChI is InChI=1S/C13H20N2S/c1-14-11-7-3-2-4-8-12(11)16-13-9-5-6-10-15-13/h5-6,9-12,14H,2-4,7-8H2,1H3. The lowest BCUT2D eigenvalue weighted by molar-refractivity contribution is 0.510. The molecule has 1 fully saturated rings. The van der Waals surface area contributed by atoms with Crippen LogP contribution in [0, 0.1) is 0 Å². The average Bonchev–Trinajstić information content (AvgIpc) is 2.55. The minimum Gasteiger partial charge on any atom is -0.316 e. The SMILES string of the molecule is CNC1CCCCCC1Sc1ccccn1. The summed E-state index contributed by atoms with van der Waals surface area (Å²) < 4.78 is 0. The second-order valence-electron chi connectivity index (χ2n) is 4.36. The van der Waals surface area contributed by atoms with Gasteiger partial charge in [-0.1, -0.05) is 25.3 Å². The van der Waals surface area contributed by atoms with Crippen LogP contribution in [0.3, 0.4) is 0 Å². The Hall–Kier alpha value is -0.540. The van der Waals surface area contributed by atoms with Crippen LogP contribution in [0.25, 0.3) is 0 Å². The van der Waals surface area contributed by atoms with Crippen LogP contribution in [0.5, 0.6) is 0 Å². The van der Waals surface area contributed by atoms with E-state index in [9.17, 15) is 0 Å². The Morgan fingerprint density at radius 1 is 1.25 bits per heavy atom. The number of nitrogens with zero attached hydrogens (tertiary/aromatic N) is 1. The van der Waals surface area contributed by atoms with E-state index in [0.717, 1.165) is 5.03 Å². The van der Waals surface area contributed by atoms with Gasteiger partial charge in [0.2, 0.25) is 0 Å². The van der Waals surface area contributed by atoms with E-state index in [-0.39, 0.29) is 0 Å². The fourth-order valence-electron chi connectivity index (χ4n) is 2.32. The fraction of sp³-hybridized carbons (Fsp3) is 0.615. The van der Waals surface area contributed by atoms with E-state index in [0.29, 0.717) is 11.3 Å². The van der Waals surface area contributed by atoms with E-state index < -0.39 is 0 Å². The molecule has 0 bridgehead atoms. The Morgan fingerprint density at radius 3 is 2.88 bits per heavy atom. The molecule has 1 aliphatic carbocycles. The number of hydrogen-bond donors (Lipinski definition) is 1. The third kappa shape index (κ3) is 3.22. The summed E-state index contributed by atoms with van der Waals surface area (Å²) in [5.41, 5.74) is 0. The summed E-state index contributed by atoms with van der Waals surface area (Å²) in [5.74, 6) is 0. The first kappa shape index (κ1) is 11.9. The molecule has 0 aromatic carbocycles. The highest BCUT2D eigenvalue weighted by Crippen LogP contribution is 2.31. The van der Waals surface area contributed by atoms with Gasteiger partial charge in [-0.2, -0.15) is 0 Å². The molecule has 3 heteroatoms. The zero-order chi connectivity index (χ0) is 11.2. The van der Waals surface area contributed by atoms with Crippen molar-refractivity contribution in [2.24, 2.45) is 0 Å². The summed E-state index contributed by atoms with van der Waals surface area (Å²) in [5, 5.41) is 5.31. The number of thioether (sulfide) groups is 1. The number of pyridine rings is 1. The normalized spacial score (nSPS) is 26.3. The summed E-state index contributed by atoms with van der Waals surface area (Å²) >= 11 is 1.94. The van der Waals surface area contributed by atoms with Gasteiger partial charge in [-0.15, -0.1) is 11.8 Å². The highest BCUT2D eigenvalue weighted by Gasteiger charge is 2.23. The molecule has 2 atom stereocenters. The van der Waals surface area contributed by atoms with E-state index in [1.54, 1.807) is 0 Å². The number of hydrogen-bond acceptors (Lipinski definition) is 3.